The number of rotatable bonds is 4. The summed E-state index contributed by atoms with van der Waals surface area (Å²) in [5.74, 6) is 0.284. The van der Waals surface area contributed by atoms with E-state index in [2.05, 4.69) is 4.98 Å². The van der Waals surface area contributed by atoms with E-state index in [4.69, 9.17) is 0 Å². The fraction of sp³-hybridized carbons (Fsp3) is 0.556. The molecule has 1 amide bonds. The van der Waals surface area contributed by atoms with Gasteiger partial charge in [-0.15, -0.1) is 0 Å². The highest BCUT2D eigenvalue weighted by molar-refractivity contribution is 5.77. The molecule has 2 aliphatic rings. The van der Waals surface area contributed by atoms with Crippen LogP contribution in [0.25, 0.3) is 11.0 Å². The largest absolute Gasteiger partial charge is 0.390 e. The number of benzene rings is 1. The summed E-state index contributed by atoms with van der Waals surface area (Å²) in [6, 6.07) is 7.52. The smallest absolute Gasteiger partial charge is 0.326 e. The number of fused-ring (bicyclic) bond motifs is 1. The molecule has 1 aliphatic heterocycles. The molecule has 0 spiro atoms. The highest BCUT2D eigenvalue weighted by atomic mass is 16.3. The lowest BCUT2D eigenvalue weighted by molar-refractivity contribution is -0.134. The quantitative estimate of drug-likeness (QED) is 0.892. The van der Waals surface area contributed by atoms with E-state index < -0.39 is 5.60 Å². The molecule has 6 heteroatoms. The molecule has 1 aromatic heterocycles. The van der Waals surface area contributed by atoms with Gasteiger partial charge in [0.25, 0.3) is 0 Å². The van der Waals surface area contributed by atoms with Gasteiger partial charge >= 0.3 is 5.69 Å². The zero-order valence-corrected chi connectivity index (χ0v) is 13.7. The zero-order valence-electron chi connectivity index (χ0n) is 13.7. The fourth-order valence-corrected chi connectivity index (χ4v) is 3.87. The standard InChI is InChI=1S/C18H23N3O3/c22-16(20-10-3-4-13(12-20)18(24)8-9-18)7-11-21-15-6-2-1-5-14(15)19-17(21)23/h1-2,5-6,13,24H,3-4,7-12H2,(H,19,23). The first-order valence-electron chi connectivity index (χ1n) is 8.74. The van der Waals surface area contributed by atoms with Crippen molar-refractivity contribution >= 4 is 16.9 Å². The number of aryl methyl sites for hydroxylation is 1. The van der Waals surface area contributed by atoms with Crippen LogP contribution >= 0.6 is 0 Å². The summed E-state index contributed by atoms with van der Waals surface area (Å²) in [5.41, 5.74) is 0.933. The Balaban J connectivity index is 1.42. The number of aromatic nitrogens is 2. The van der Waals surface area contributed by atoms with Crippen LogP contribution in [0.3, 0.4) is 0 Å². The Labute approximate surface area is 140 Å². The molecule has 1 aromatic carbocycles. The number of nitrogens with one attached hydrogen (secondary N) is 1. The van der Waals surface area contributed by atoms with Gasteiger partial charge in [-0.25, -0.2) is 4.79 Å². The van der Waals surface area contributed by atoms with Crippen LogP contribution in [0.1, 0.15) is 32.1 Å². The Morgan fingerprint density at radius 3 is 2.92 bits per heavy atom. The summed E-state index contributed by atoms with van der Waals surface area (Å²) in [4.78, 5) is 29.3. The molecule has 2 aromatic rings. The van der Waals surface area contributed by atoms with Gasteiger partial charge in [-0.2, -0.15) is 0 Å². The molecule has 1 saturated heterocycles. The highest BCUT2D eigenvalue weighted by Gasteiger charge is 2.48. The number of hydrogen-bond acceptors (Lipinski definition) is 3. The number of aromatic amines is 1. The van der Waals surface area contributed by atoms with Crippen molar-refractivity contribution in [2.45, 2.75) is 44.2 Å². The summed E-state index contributed by atoms with van der Waals surface area (Å²) >= 11 is 0. The van der Waals surface area contributed by atoms with Crippen LogP contribution in [0.15, 0.2) is 29.1 Å². The van der Waals surface area contributed by atoms with Crippen molar-refractivity contribution in [3.63, 3.8) is 0 Å². The van der Waals surface area contributed by atoms with E-state index in [0.29, 0.717) is 19.5 Å². The Kier molecular flexibility index (Phi) is 3.72. The summed E-state index contributed by atoms with van der Waals surface area (Å²) < 4.78 is 1.63. The fourth-order valence-electron chi connectivity index (χ4n) is 3.87. The van der Waals surface area contributed by atoms with Crippen LogP contribution in [0.4, 0.5) is 0 Å². The third-order valence-electron chi connectivity index (χ3n) is 5.53. The molecule has 0 bridgehead atoms. The third-order valence-corrected chi connectivity index (χ3v) is 5.53. The van der Waals surface area contributed by atoms with Gasteiger partial charge in [-0.3, -0.25) is 9.36 Å². The summed E-state index contributed by atoms with van der Waals surface area (Å²) in [6.07, 6.45) is 4.00. The summed E-state index contributed by atoms with van der Waals surface area (Å²) in [6.45, 7) is 1.79. The van der Waals surface area contributed by atoms with Crippen LogP contribution in [0.2, 0.25) is 0 Å². The molecule has 1 unspecified atom stereocenters. The Hall–Kier alpha value is -2.08. The number of piperidine rings is 1. The van der Waals surface area contributed by atoms with Crippen LogP contribution in [0.5, 0.6) is 0 Å². The lowest BCUT2D eigenvalue weighted by Crippen LogP contribution is -2.44. The van der Waals surface area contributed by atoms with Crippen LogP contribution in [-0.2, 0) is 11.3 Å². The summed E-state index contributed by atoms with van der Waals surface area (Å²) in [7, 11) is 0. The average Bonchev–Trinajstić information content (AvgIpc) is 3.27. The zero-order chi connectivity index (χ0) is 16.7. The lowest BCUT2D eigenvalue weighted by atomic mass is 9.90. The number of aliphatic hydroxyl groups is 1. The SMILES string of the molecule is O=C(CCn1c(=O)[nH]c2ccccc21)N1CCCC(C2(O)CC2)C1. The predicted molar refractivity (Wildman–Crippen MR) is 90.7 cm³/mol. The topological polar surface area (TPSA) is 78.3 Å². The van der Waals surface area contributed by atoms with Gasteiger partial charge in [-0.1, -0.05) is 12.1 Å². The maximum atomic E-state index is 12.6. The first kappa shape index (κ1) is 15.4. The Bertz CT molecular complexity index is 818. The van der Waals surface area contributed by atoms with E-state index in [1.165, 1.54) is 0 Å². The normalized spacial score (nSPS) is 22.7. The van der Waals surface area contributed by atoms with Gasteiger partial charge in [0.1, 0.15) is 0 Å². The van der Waals surface area contributed by atoms with E-state index in [1.54, 1.807) is 4.57 Å². The monoisotopic (exact) mass is 329 g/mol. The minimum atomic E-state index is -0.521. The molecule has 128 valence electrons. The van der Waals surface area contributed by atoms with E-state index in [9.17, 15) is 14.7 Å². The first-order valence-corrected chi connectivity index (χ1v) is 8.74. The van der Waals surface area contributed by atoms with E-state index in [-0.39, 0.29) is 17.5 Å². The number of para-hydroxylation sites is 2. The molecular weight excluding hydrogens is 306 g/mol. The second-order valence-corrected chi connectivity index (χ2v) is 7.13. The number of carbonyl (C=O) groups excluding carboxylic acids is 1. The van der Waals surface area contributed by atoms with E-state index >= 15 is 0 Å². The Morgan fingerprint density at radius 2 is 2.12 bits per heavy atom. The van der Waals surface area contributed by atoms with Crippen LogP contribution in [0, 0.1) is 5.92 Å². The average molecular weight is 329 g/mol. The molecule has 0 radical (unpaired) electrons. The molecule has 2 heterocycles. The van der Waals surface area contributed by atoms with Crippen molar-refractivity contribution in [3.8, 4) is 0 Å². The molecule has 1 atom stereocenters. The van der Waals surface area contributed by atoms with Crippen molar-refractivity contribution in [1.29, 1.82) is 0 Å². The molecule has 24 heavy (non-hydrogen) atoms. The maximum absolute atomic E-state index is 12.6. The van der Waals surface area contributed by atoms with Crippen molar-refractivity contribution in [2.24, 2.45) is 5.92 Å². The molecule has 4 rings (SSSR count). The van der Waals surface area contributed by atoms with Crippen LogP contribution < -0.4 is 5.69 Å². The van der Waals surface area contributed by atoms with Crippen LogP contribution in [-0.4, -0.2) is 44.2 Å². The lowest BCUT2D eigenvalue weighted by Gasteiger charge is -2.35. The number of hydrogen-bond donors (Lipinski definition) is 2. The molecule has 2 fully saturated rings. The maximum Gasteiger partial charge on any atom is 0.326 e. The number of amides is 1. The number of carbonyl (C=O) groups is 1. The Morgan fingerprint density at radius 1 is 1.33 bits per heavy atom. The second-order valence-electron chi connectivity index (χ2n) is 7.13. The molecule has 1 aliphatic carbocycles. The van der Waals surface area contributed by atoms with Crippen molar-refractivity contribution in [2.75, 3.05) is 13.1 Å². The minimum absolute atomic E-state index is 0.0705. The molecule has 2 N–H and O–H groups in total. The second kappa shape index (κ2) is 5.77. The van der Waals surface area contributed by atoms with Crippen molar-refractivity contribution in [1.82, 2.24) is 14.5 Å². The van der Waals surface area contributed by atoms with Gasteiger partial charge < -0.3 is 15.0 Å². The molecule has 1 saturated carbocycles. The number of H-pyrrole nitrogens is 1. The van der Waals surface area contributed by atoms with E-state index in [0.717, 1.165) is 43.3 Å². The highest BCUT2D eigenvalue weighted by Crippen LogP contribution is 2.45. The minimum Gasteiger partial charge on any atom is -0.390 e. The van der Waals surface area contributed by atoms with Gasteiger partial charge in [-0.05, 0) is 37.8 Å². The molecule has 6 nitrogen and oxygen atoms in total. The van der Waals surface area contributed by atoms with Gasteiger partial charge in [0.05, 0.1) is 16.6 Å². The van der Waals surface area contributed by atoms with Crippen molar-refractivity contribution in [3.05, 3.63) is 34.7 Å². The number of likely N-dealkylation sites (tertiary alicyclic amines) is 1. The first-order chi connectivity index (χ1) is 11.6. The number of nitrogens with zero attached hydrogens (tertiary/aromatic N) is 2. The van der Waals surface area contributed by atoms with Gasteiger partial charge in [0.2, 0.25) is 5.91 Å². The third kappa shape index (κ3) is 2.75. The number of imidazole rings is 1. The van der Waals surface area contributed by atoms with E-state index in [1.807, 2.05) is 29.2 Å². The summed E-state index contributed by atoms with van der Waals surface area (Å²) in [5, 5.41) is 10.3. The van der Waals surface area contributed by atoms with Gasteiger partial charge in [0, 0.05) is 32.0 Å². The van der Waals surface area contributed by atoms with Crippen molar-refractivity contribution < 1.29 is 9.90 Å². The molecular formula is C18H23N3O3. The predicted octanol–water partition coefficient (Wildman–Crippen LogP) is 1.48. The van der Waals surface area contributed by atoms with Gasteiger partial charge in [0.15, 0.2) is 0 Å².